The highest BCUT2D eigenvalue weighted by Crippen LogP contribution is 2.49. The lowest BCUT2D eigenvalue weighted by Gasteiger charge is -2.08. The fourth-order valence-electron chi connectivity index (χ4n) is 2.44. The van der Waals surface area contributed by atoms with Gasteiger partial charge in [-0.1, -0.05) is 6.07 Å². The molecule has 3 rings (SSSR count). The molecule has 4 nitrogen and oxygen atoms in total. The van der Waals surface area contributed by atoms with Gasteiger partial charge in [0, 0.05) is 17.1 Å². The molecule has 0 saturated heterocycles. The fraction of sp³-hybridized carbons (Fsp3) is 0.286. The lowest BCUT2D eigenvalue weighted by molar-refractivity contribution is -0.109. The molecule has 1 heterocycles. The smallest absolute Gasteiger partial charge is 0.338 e. The first-order valence-electron chi connectivity index (χ1n) is 5.87. The third-order valence-electron chi connectivity index (χ3n) is 3.66. The molecule has 1 aromatic carbocycles. The monoisotopic (exact) mass is 243 g/mol. The normalized spacial score (nSPS) is 16.5. The molecule has 1 saturated carbocycles. The lowest BCUT2D eigenvalue weighted by Crippen LogP contribution is -2.09. The van der Waals surface area contributed by atoms with Crippen molar-refractivity contribution >= 4 is 23.2 Å². The van der Waals surface area contributed by atoms with E-state index in [0.29, 0.717) is 5.56 Å². The van der Waals surface area contributed by atoms with Gasteiger partial charge >= 0.3 is 5.97 Å². The predicted octanol–water partition coefficient (Wildman–Crippen LogP) is 2.18. The number of hydrogen-bond acceptors (Lipinski definition) is 3. The van der Waals surface area contributed by atoms with Crippen LogP contribution in [0.1, 0.15) is 28.8 Å². The zero-order valence-electron chi connectivity index (χ0n) is 10.0. The van der Waals surface area contributed by atoms with Crippen molar-refractivity contribution in [3.8, 4) is 0 Å². The van der Waals surface area contributed by atoms with Gasteiger partial charge in [-0.2, -0.15) is 0 Å². The molecule has 4 heteroatoms. The summed E-state index contributed by atoms with van der Waals surface area (Å²) >= 11 is 0. The molecule has 2 aromatic rings. The van der Waals surface area contributed by atoms with E-state index in [-0.39, 0.29) is 5.97 Å². The Labute approximate surface area is 104 Å². The first kappa shape index (κ1) is 11.0. The summed E-state index contributed by atoms with van der Waals surface area (Å²) in [4.78, 5) is 26.2. The van der Waals surface area contributed by atoms with Crippen molar-refractivity contribution in [2.45, 2.75) is 18.3 Å². The molecule has 0 bridgehead atoms. The van der Waals surface area contributed by atoms with Crippen LogP contribution in [0.15, 0.2) is 24.4 Å². The number of benzene rings is 1. The van der Waals surface area contributed by atoms with Crippen molar-refractivity contribution in [1.82, 2.24) is 4.98 Å². The van der Waals surface area contributed by atoms with Crippen molar-refractivity contribution < 1.29 is 14.3 Å². The fourth-order valence-corrected chi connectivity index (χ4v) is 2.44. The molecule has 1 aromatic heterocycles. The van der Waals surface area contributed by atoms with E-state index in [1.165, 1.54) is 7.11 Å². The summed E-state index contributed by atoms with van der Waals surface area (Å²) < 4.78 is 4.79. The topological polar surface area (TPSA) is 59.2 Å². The molecule has 0 unspecified atom stereocenters. The average Bonchev–Trinajstić information content (AvgIpc) is 3.09. The van der Waals surface area contributed by atoms with Gasteiger partial charge in [0.05, 0.1) is 18.1 Å². The quantitative estimate of drug-likeness (QED) is 0.664. The number of aldehydes is 1. The number of carbonyl (C=O) groups is 2. The zero-order valence-corrected chi connectivity index (χ0v) is 10.0. The van der Waals surface area contributed by atoms with E-state index in [1.807, 2.05) is 12.3 Å². The summed E-state index contributed by atoms with van der Waals surface area (Å²) in [6.45, 7) is 0. The number of H-pyrrole nitrogens is 1. The van der Waals surface area contributed by atoms with Gasteiger partial charge in [0.1, 0.15) is 6.29 Å². The Hall–Kier alpha value is -2.10. The van der Waals surface area contributed by atoms with Gasteiger partial charge in [0.2, 0.25) is 0 Å². The molecule has 0 amide bonds. The minimum Gasteiger partial charge on any atom is -0.465 e. The van der Waals surface area contributed by atoms with Crippen LogP contribution in [0, 0.1) is 0 Å². The van der Waals surface area contributed by atoms with Crippen LogP contribution < -0.4 is 0 Å². The molecule has 1 aliphatic rings. The van der Waals surface area contributed by atoms with Crippen LogP contribution in [-0.2, 0) is 14.9 Å². The van der Waals surface area contributed by atoms with E-state index < -0.39 is 5.41 Å². The number of fused-ring (bicyclic) bond motifs is 1. The number of aromatic amines is 1. The highest BCUT2D eigenvalue weighted by atomic mass is 16.5. The standard InChI is InChI=1S/C14H13NO3/c1-18-13(17)9-3-2-4-11-12(9)10(7-15-11)14(8-16)5-6-14/h2-4,7-8,15H,5-6H2,1H3. The molecule has 0 atom stereocenters. The minimum atomic E-state index is -0.400. The molecule has 92 valence electrons. The molecule has 1 aliphatic carbocycles. The van der Waals surface area contributed by atoms with Crippen LogP contribution in [0.2, 0.25) is 0 Å². The van der Waals surface area contributed by atoms with Crippen molar-refractivity contribution in [1.29, 1.82) is 0 Å². The van der Waals surface area contributed by atoms with E-state index in [1.54, 1.807) is 12.1 Å². The average molecular weight is 243 g/mol. The molecule has 1 fully saturated rings. The number of carbonyl (C=O) groups excluding carboxylic acids is 2. The Kier molecular flexibility index (Phi) is 2.26. The number of methoxy groups -OCH3 is 1. The van der Waals surface area contributed by atoms with Gasteiger partial charge in [0.25, 0.3) is 0 Å². The van der Waals surface area contributed by atoms with Crippen LogP contribution in [0.4, 0.5) is 0 Å². The van der Waals surface area contributed by atoms with E-state index in [4.69, 9.17) is 4.74 Å². The third kappa shape index (κ3) is 1.38. The van der Waals surface area contributed by atoms with Crippen molar-refractivity contribution in [2.24, 2.45) is 0 Å². The SMILES string of the molecule is COC(=O)c1cccc2[nH]cc(C3(C=O)CC3)c12. The zero-order chi connectivity index (χ0) is 12.8. The molecule has 0 aliphatic heterocycles. The maximum absolute atomic E-state index is 11.8. The summed E-state index contributed by atoms with van der Waals surface area (Å²) in [7, 11) is 1.36. The lowest BCUT2D eigenvalue weighted by atomic mass is 9.94. The molecular formula is C14H13NO3. The summed E-state index contributed by atoms with van der Waals surface area (Å²) in [6.07, 6.45) is 4.51. The number of hydrogen-bond donors (Lipinski definition) is 1. The summed E-state index contributed by atoms with van der Waals surface area (Å²) in [5, 5.41) is 0.814. The van der Waals surface area contributed by atoms with Crippen LogP contribution >= 0.6 is 0 Å². The second-order valence-electron chi connectivity index (χ2n) is 4.70. The maximum Gasteiger partial charge on any atom is 0.338 e. The third-order valence-corrected chi connectivity index (χ3v) is 3.66. The highest BCUT2D eigenvalue weighted by molar-refractivity contribution is 6.06. The van der Waals surface area contributed by atoms with E-state index in [9.17, 15) is 9.59 Å². The van der Waals surface area contributed by atoms with E-state index >= 15 is 0 Å². The molecular weight excluding hydrogens is 230 g/mol. The van der Waals surface area contributed by atoms with E-state index in [0.717, 1.165) is 35.6 Å². The summed E-state index contributed by atoms with van der Waals surface area (Å²) in [6, 6.07) is 5.42. The largest absolute Gasteiger partial charge is 0.465 e. The van der Waals surface area contributed by atoms with Crippen LogP contribution in [0.5, 0.6) is 0 Å². The highest BCUT2D eigenvalue weighted by Gasteiger charge is 2.46. The first-order valence-corrected chi connectivity index (χ1v) is 5.87. The van der Waals surface area contributed by atoms with Gasteiger partial charge in [-0.25, -0.2) is 4.79 Å². The van der Waals surface area contributed by atoms with Crippen LogP contribution in [0.3, 0.4) is 0 Å². The number of ether oxygens (including phenoxy) is 1. The Morgan fingerprint density at radius 1 is 1.44 bits per heavy atom. The predicted molar refractivity (Wildman–Crippen MR) is 66.6 cm³/mol. The number of rotatable bonds is 3. The van der Waals surface area contributed by atoms with Gasteiger partial charge in [0.15, 0.2) is 0 Å². The van der Waals surface area contributed by atoms with Crippen molar-refractivity contribution in [3.05, 3.63) is 35.5 Å². The van der Waals surface area contributed by atoms with Crippen molar-refractivity contribution in [3.63, 3.8) is 0 Å². The van der Waals surface area contributed by atoms with Gasteiger partial charge in [-0.3, -0.25) is 0 Å². The van der Waals surface area contributed by atoms with Crippen molar-refractivity contribution in [2.75, 3.05) is 7.11 Å². The number of nitrogens with one attached hydrogen (secondary N) is 1. The van der Waals surface area contributed by atoms with Crippen LogP contribution in [0.25, 0.3) is 10.9 Å². The van der Waals surface area contributed by atoms with Gasteiger partial charge in [-0.05, 0) is 30.5 Å². The molecule has 1 N–H and O–H groups in total. The van der Waals surface area contributed by atoms with Gasteiger partial charge in [-0.15, -0.1) is 0 Å². The summed E-state index contributed by atoms with van der Waals surface area (Å²) in [5.74, 6) is -0.372. The Morgan fingerprint density at radius 3 is 2.83 bits per heavy atom. The molecule has 0 radical (unpaired) electrons. The molecule has 18 heavy (non-hydrogen) atoms. The Bertz CT molecular complexity index is 638. The van der Waals surface area contributed by atoms with Crippen LogP contribution in [-0.4, -0.2) is 24.3 Å². The second kappa shape index (κ2) is 3.70. The Balaban J connectivity index is 2.28. The van der Waals surface area contributed by atoms with Gasteiger partial charge < -0.3 is 14.5 Å². The van der Waals surface area contributed by atoms with E-state index in [2.05, 4.69) is 4.98 Å². The Morgan fingerprint density at radius 2 is 2.22 bits per heavy atom. The minimum absolute atomic E-state index is 0.372. The second-order valence-corrected chi connectivity index (χ2v) is 4.70. The maximum atomic E-state index is 11.8. The summed E-state index contributed by atoms with van der Waals surface area (Å²) in [5.41, 5.74) is 1.89. The molecule has 0 spiro atoms. The first-order chi connectivity index (χ1) is 8.72. The number of esters is 1. The number of aromatic nitrogens is 1.